The molecule has 110 valence electrons. The predicted octanol–water partition coefficient (Wildman–Crippen LogP) is 3.06. The first-order valence-electron chi connectivity index (χ1n) is 6.26. The number of anilines is 1. The van der Waals surface area contributed by atoms with E-state index in [4.69, 9.17) is 9.68 Å². The van der Waals surface area contributed by atoms with E-state index in [1.54, 1.807) is 25.1 Å². The van der Waals surface area contributed by atoms with Crippen molar-refractivity contribution in [2.24, 2.45) is 0 Å². The molecule has 2 rings (SSSR count). The van der Waals surface area contributed by atoms with Crippen molar-refractivity contribution in [2.75, 3.05) is 11.9 Å². The molecule has 1 unspecified atom stereocenters. The van der Waals surface area contributed by atoms with Crippen LogP contribution in [0.15, 0.2) is 28.7 Å². The Morgan fingerprint density at radius 2 is 1.95 bits per heavy atom. The highest BCUT2D eigenvalue weighted by atomic mass is 19.1. The number of nitrogens with zero attached hydrogens (tertiary/aromatic N) is 1. The molecule has 0 radical (unpaired) electrons. The van der Waals surface area contributed by atoms with Crippen molar-refractivity contribution in [3.63, 3.8) is 0 Å². The molecule has 4 nitrogen and oxygen atoms in total. The predicted molar refractivity (Wildman–Crippen MR) is 72.6 cm³/mol. The van der Waals surface area contributed by atoms with Gasteiger partial charge in [-0.05, 0) is 38.1 Å². The Morgan fingerprint density at radius 3 is 2.43 bits per heavy atom. The van der Waals surface area contributed by atoms with E-state index in [2.05, 4.69) is 5.32 Å². The molecule has 1 aromatic heterocycles. The smallest absolute Gasteiger partial charge is 0.150 e. The molecule has 1 aromatic carbocycles. The zero-order valence-corrected chi connectivity index (χ0v) is 11.6. The first-order chi connectivity index (χ1) is 9.83. The van der Waals surface area contributed by atoms with E-state index in [1.165, 1.54) is 6.92 Å². The summed E-state index contributed by atoms with van der Waals surface area (Å²) in [7, 11) is 0. The minimum atomic E-state index is -1.43. The van der Waals surface area contributed by atoms with Crippen LogP contribution in [0.2, 0.25) is 0 Å². The van der Waals surface area contributed by atoms with E-state index in [1.807, 2.05) is 0 Å². The average Bonchev–Trinajstić information content (AvgIpc) is 2.85. The zero-order valence-electron chi connectivity index (χ0n) is 11.6. The molecule has 0 saturated heterocycles. The van der Waals surface area contributed by atoms with Crippen LogP contribution in [-0.4, -0.2) is 11.7 Å². The maximum Gasteiger partial charge on any atom is 0.150 e. The SMILES string of the molecule is Cc1ccc(C(C)(O)CNc2c(F)cc(C#N)cc2F)o1. The molecule has 0 aliphatic heterocycles. The van der Waals surface area contributed by atoms with Crippen molar-refractivity contribution in [2.45, 2.75) is 19.4 Å². The number of hydrogen-bond acceptors (Lipinski definition) is 4. The topological polar surface area (TPSA) is 69.2 Å². The zero-order chi connectivity index (χ0) is 15.6. The molecular formula is C15H14F2N2O2. The molecular weight excluding hydrogens is 278 g/mol. The van der Waals surface area contributed by atoms with Gasteiger partial charge in [-0.2, -0.15) is 5.26 Å². The first kappa shape index (κ1) is 15.0. The van der Waals surface area contributed by atoms with E-state index in [9.17, 15) is 13.9 Å². The summed E-state index contributed by atoms with van der Waals surface area (Å²) < 4.78 is 32.8. The first-order valence-corrected chi connectivity index (χ1v) is 6.26. The quantitative estimate of drug-likeness (QED) is 0.908. The van der Waals surface area contributed by atoms with Gasteiger partial charge in [0.1, 0.15) is 22.8 Å². The van der Waals surface area contributed by atoms with Crippen LogP contribution < -0.4 is 5.32 Å². The summed E-state index contributed by atoms with van der Waals surface area (Å²) in [6.07, 6.45) is 0. The van der Waals surface area contributed by atoms with Crippen molar-refractivity contribution >= 4 is 5.69 Å². The highest BCUT2D eigenvalue weighted by molar-refractivity contribution is 5.50. The largest absolute Gasteiger partial charge is 0.463 e. The summed E-state index contributed by atoms with van der Waals surface area (Å²) in [6.45, 7) is 3.05. The number of furan rings is 1. The van der Waals surface area contributed by atoms with Gasteiger partial charge in [-0.15, -0.1) is 0 Å². The van der Waals surface area contributed by atoms with E-state index < -0.39 is 22.9 Å². The van der Waals surface area contributed by atoms with Gasteiger partial charge in [0.25, 0.3) is 0 Å². The van der Waals surface area contributed by atoms with E-state index >= 15 is 0 Å². The van der Waals surface area contributed by atoms with E-state index in [0.29, 0.717) is 11.5 Å². The van der Waals surface area contributed by atoms with Gasteiger partial charge in [0, 0.05) is 0 Å². The minimum Gasteiger partial charge on any atom is -0.463 e. The molecule has 0 aliphatic carbocycles. The molecule has 21 heavy (non-hydrogen) atoms. The molecule has 0 spiro atoms. The Hall–Kier alpha value is -2.39. The van der Waals surface area contributed by atoms with Crippen LogP contribution >= 0.6 is 0 Å². The minimum absolute atomic E-state index is 0.107. The Morgan fingerprint density at radius 1 is 1.33 bits per heavy atom. The van der Waals surface area contributed by atoms with Crippen LogP contribution in [0, 0.1) is 29.9 Å². The molecule has 1 heterocycles. The van der Waals surface area contributed by atoms with Gasteiger partial charge in [0.2, 0.25) is 0 Å². The summed E-state index contributed by atoms with van der Waals surface area (Å²) in [4.78, 5) is 0. The van der Waals surface area contributed by atoms with Crippen LogP contribution in [0.4, 0.5) is 14.5 Å². The molecule has 0 bridgehead atoms. The second kappa shape index (κ2) is 5.54. The summed E-state index contributed by atoms with van der Waals surface area (Å²) in [5.41, 5.74) is -1.93. The van der Waals surface area contributed by atoms with Gasteiger partial charge in [-0.3, -0.25) is 0 Å². The van der Waals surface area contributed by atoms with E-state index in [-0.39, 0.29) is 12.1 Å². The highest BCUT2D eigenvalue weighted by Crippen LogP contribution is 2.26. The fourth-order valence-corrected chi connectivity index (χ4v) is 1.88. The maximum atomic E-state index is 13.7. The average molecular weight is 292 g/mol. The third-order valence-corrected chi connectivity index (χ3v) is 3.05. The normalized spacial score (nSPS) is 13.5. The number of rotatable bonds is 4. The Labute approximate surface area is 120 Å². The summed E-state index contributed by atoms with van der Waals surface area (Å²) in [5, 5.41) is 21.4. The number of nitriles is 1. The number of aliphatic hydroxyl groups is 1. The molecule has 0 saturated carbocycles. The molecule has 0 aliphatic rings. The molecule has 0 fully saturated rings. The van der Waals surface area contributed by atoms with Crippen molar-refractivity contribution in [3.05, 3.63) is 53.0 Å². The van der Waals surface area contributed by atoms with Gasteiger partial charge in [0.05, 0.1) is 18.2 Å². The van der Waals surface area contributed by atoms with Crippen molar-refractivity contribution in [1.82, 2.24) is 0 Å². The summed E-state index contributed by atoms with van der Waals surface area (Å²) in [5.74, 6) is -0.862. The van der Waals surface area contributed by atoms with Gasteiger partial charge in [-0.1, -0.05) is 0 Å². The second-order valence-corrected chi connectivity index (χ2v) is 4.96. The summed E-state index contributed by atoms with van der Waals surface area (Å²) in [6, 6.07) is 6.81. The third-order valence-electron chi connectivity index (χ3n) is 3.05. The van der Waals surface area contributed by atoms with Gasteiger partial charge in [0.15, 0.2) is 11.6 Å². The monoisotopic (exact) mass is 292 g/mol. The number of benzene rings is 1. The Kier molecular flexibility index (Phi) is 3.96. The standard InChI is InChI=1S/C15H14F2N2O2/c1-9-3-4-13(21-9)15(2,20)8-19-14-11(16)5-10(7-18)6-12(14)17/h3-6,19-20H,8H2,1-2H3. The van der Waals surface area contributed by atoms with Crippen molar-refractivity contribution < 1.29 is 18.3 Å². The number of aryl methyl sites for hydroxylation is 1. The van der Waals surface area contributed by atoms with Crippen molar-refractivity contribution in [3.8, 4) is 6.07 Å². The summed E-state index contributed by atoms with van der Waals surface area (Å²) >= 11 is 0. The van der Waals surface area contributed by atoms with Crippen LogP contribution in [0.5, 0.6) is 0 Å². The van der Waals surface area contributed by atoms with Gasteiger partial charge < -0.3 is 14.8 Å². The molecule has 1 atom stereocenters. The second-order valence-electron chi connectivity index (χ2n) is 4.96. The van der Waals surface area contributed by atoms with Crippen LogP contribution in [0.25, 0.3) is 0 Å². The molecule has 6 heteroatoms. The fourth-order valence-electron chi connectivity index (χ4n) is 1.88. The number of halogens is 2. The Bertz CT molecular complexity index is 679. The molecule has 2 aromatic rings. The van der Waals surface area contributed by atoms with Crippen molar-refractivity contribution in [1.29, 1.82) is 5.26 Å². The lowest BCUT2D eigenvalue weighted by Crippen LogP contribution is -2.30. The third kappa shape index (κ3) is 3.20. The van der Waals surface area contributed by atoms with Crippen LogP contribution in [0.1, 0.15) is 24.0 Å². The highest BCUT2D eigenvalue weighted by Gasteiger charge is 2.27. The Balaban J connectivity index is 2.18. The number of nitrogens with one attached hydrogen (secondary N) is 1. The fraction of sp³-hybridized carbons (Fsp3) is 0.267. The lowest BCUT2D eigenvalue weighted by molar-refractivity contribution is 0.0467. The van der Waals surface area contributed by atoms with Gasteiger partial charge >= 0.3 is 0 Å². The lowest BCUT2D eigenvalue weighted by atomic mass is 10.0. The molecule has 2 N–H and O–H groups in total. The van der Waals surface area contributed by atoms with Gasteiger partial charge in [-0.25, -0.2) is 8.78 Å². The number of hydrogen-bond donors (Lipinski definition) is 2. The van der Waals surface area contributed by atoms with E-state index in [0.717, 1.165) is 12.1 Å². The van der Waals surface area contributed by atoms with Crippen LogP contribution in [0.3, 0.4) is 0 Å². The van der Waals surface area contributed by atoms with Crippen LogP contribution in [-0.2, 0) is 5.60 Å². The molecule has 0 amide bonds. The maximum absolute atomic E-state index is 13.7. The lowest BCUT2D eigenvalue weighted by Gasteiger charge is -2.22.